The van der Waals surface area contributed by atoms with Gasteiger partial charge in [-0.3, -0.25) is 4.79 Å². The first kappa shape index (κ1) is 12.5. The molecule has 3 atom stereocenters. The van der Waals surface area contributed by atoms with E-state index in [0.717, 1.165) is 25.7 Å². The van der Waals surface area contributed by atoms with Gasteiger partial charge in [0.05, 0.1) is 6.10 Å². The highest BCUT2D eigenvalue weighted by molar-refractivity contribution is 5.73. The van der Waals surface area contributed by atoms with E-state index in [1.54, 1.807) is 0 Å². The third-order valence-electron chi connectivity index (χ3n) is 3.04. The number of hydrogen-bond acceptors (Lipinski definition) is 3. The van der Waals surface area contributed by atoms with Crippen molar-refractivity contribution in [3.63, 3.8) is 0 Å². The molecule has 15 heavy (non-hydrogen) atoms. The van der Waals surface area contributed by atoms with Crippen LogP contribution in [-0.4, -0.2) is 34.9 Å². The van der Waals surface area contributed by atoms with E-state index in [2.05, 4.69) is 5.32 Å². The maximum atomic E-state index is 10.8. The Kier molecular flexibility index (Phi) is 5.05. The summed E-state index contributed by atoms with van der Waals surface area (Å²) in [5, 5.41) is 21.3. The van der Waals surface area contributed by atoms with Crippen molar-refractivity contribution in [3.8, 4) is 0 Å². The number of carbonyl (C=O) groups is 1. The van der Waals surface area contributed by atoms with Gasteiger partial charge in [0, 0.05) is 0 Å². The summed E-state index contributed by atoms with van der Waals surface area (Å²) in [7, 11) is 0. The van der Waals surface area contributed by atoms with Crippen molar-refractivity contribution in [2.24, 2.45) is 5.92 Å². The minimum Gasteiger partial charge on any atom is -0.480 e. The molecule has 0 spiro atoms. The van der Waals surface area contributed by atoms with Gasteiger partial charge < -0.3 is 15.5 Å². The topological polar surface area (TPSA) is 69.6 Å². The van der Waals surface area contributed by atoms with Crippen molar-refractivity contribution in [3.05, 3.63) is 0 Å². The van der Waals surface area contributed by atoms with Crippen LogP contribution in [0.25, 0.3) is 0 Å². The molecule has 1 aliphatic carbocycles. The molecular weight excluding hydrogens is 194 g/mol. The molecule has 0 aromatic heterocycles. The molecule has 0 amide bonds. The Bertz CT molecular complexity index is 208. The Labute approximate surface area is 90.7 Å². The highest BCUT2D eigenvalue weighted by Gasteiger charge is 2.24. The number of carboxylic acids is 1. The Balaban J connectivity index is 2.24. The maximum Gasteiger partial charge on any atom is 0.320 e. The van der Waals surface area contributed by atoms with Crippen LogP contribution in [0.4, 0.5) is 0 Å². The molecule has 3 unspecified atom stereocenters. The largest absolute Gasteiger partial charge is 0.480 e. The van der Waals surface area contributed by atoms with Gasteiger partial charge in [-0.2, -0.15) is 0 Å². The van der Waals surface area contributed by atoms with E-state index in [0.29, 0.717) is 18.9 Å². The monoisotopic (exact) mass is 215 g/mol. The normalized spacial score (nSPS) is 27.9. The lowest BCUT2D eigenvalue weighted by atomic mass is 10.1. The first-order valence-electron chi connectivity index (χ1n) is 5.77. The van der Waals surface area contributed by atoms with Gasteiger partial charge >= 0.3 is 5.97 Å². The SMILES string of the molecule is CCCC(NCC1CCC(O)C1)C(=O)O. The average Bonchev–Trinajstić information content (AvgIpc) is 2.58. The minimum atomic E-state index is -0.768. The second-order valence-corrected chi connectivity index (χ2v) is 4.42. The Morgan fingerprint density at radius 3 is 2.73 bits per heavy atom. The summed E-state index contributed by atoms with van der Waals surface area (Å²) in [4.78, 5) is 10.8. The molecular formula is C11H21NO3. The molecule has 1 aliphatic rings. The molecule has 4 nitrogen and oxygen atoms in total. The Hall–Kier alpha value is -0.610. The zero-order valence-electron chi connectivity index (χ0n) is 9.28. The van der Waals surface area contributed by atoms with E-state index in [-0.39, 0.29) is 6.10 Å². The summed E-state index contributed by atoms with van der Waals surface area (Å²) in [6.45, 7) is 2.70. The fourth-order valence-corrected chi connectivity index (χ4v) is 2.14. The van der Waals surface area contributed by atoms with E-state index in [4.69, 9.17) is 5.11 Å². The Morgan fingerprint density at radius 1 is 1.53 bits per heavy atom. The molecule has 0 aliphatic heterocycles. The lowest BCUT2D eigenvalue weighted by Crippen LogP contribution is -2.39. The zero-order valence-corrected chi connectivity index (χ0v) is 9.28. The van der Waals surface area contributed by atoms with Crippen LogP contribution in [0, 0.1) is 5.92 Å². The van der Waals surface area contributed by atoms with Crippen molar-refractivity contribution in [2.75, 3.05) is 6.54 Å². The molecule has 1 rings (SSSR count). The van der Waals surface area contributed by atoms with Gasteiger partial charge in [0.25, 0.3) is 0 Å². The summed E-state index contributed by atoms with van der Waals surface area (Å²) < 4.78 is 0. The summed E-state index contributed by atoms with van der Waals surface area (Å²) in [5.74, 6) is -0.325. The van der Waals surface area contributed by atoms with Crippen molar-refractivity contribution >= 4 is 5.97 Å². The number of aliphatic hydroxyl groups is 1. The fraction of sp³-hybridized carbons (Fsp3) is 0.909. The van der Waals surface area contributed by atoms with Crippen LogP contribution in [0.15, 0.2) is 0 Å². The van der Waals surface area contributed by atoms with Crippen molar-refractivity contribution < 1.29 is 15.0 Å². The summed E-state index contributed by atoms with van der Waals surface area (Å²) in [6, 6.07) is -0.423. The average molecular weight is 215 g/mol. The van der Waals surface area contributed by atoms with Gasteiger partial charge in [-0.1, -0.05) is 13.3 Å². The number of carboxylic acid groups (broad SMARTS) is 1. The number of aliphatic carboxylic acids is 1. The molecule has 88 valence electrons. The molecule has 0 aromatic rings. The van der Waals surface area contributed by atoms with Crippen LogP contribution in [0.2, 0.25) is 0 Å². The lowest BCUT2D eigenvalue weighted by Gasteiger charge is -2.16. The standard InChI is InChI=1S/C11H21NO3/c1-2-3-10(11(14)15)12-7-8-4-5-9(13)6-8/h8-10,12-13H,2-7H2,1H3,(H,14,15). The van der Waals surface area contributed by atoms with E-state index in [1.807, 2.05) is 6.92 Å². The van der Waals surface area contributed by atoms with Crippen LogP contribution in [0.1, 0.15) is 39.0 Å². The molecule has 0 radical (unpaired) electrons. The van der Waals surface area contributed by atoms with Crippen LogP contribution in [0.5, 0.6) is 0 Å². The molecule has 0 heterocycles. The maximum absolute atomic E-state index is 10.8. The summed E-state index contributed by atoms with van der Waals surface area (Å²) in [5.41, 5.74) is 0. The minimum absolute atomic E-state index is 0.175. The molecule has 1 fully saturated rings. The summed E-state index contributed by atoms with van der Waals surface area (Å²) in [6.07, 6.45) is 4.05. The molecule has 4 heteroatoms. The highest BCUT2D eigenvalue weighted by atomic mass is 16.4. The fourth-order valence-electron chi connectivity index (χ4n) is 2.14. The smallest absolute Gasteiger partial charge is 0.320 e. The first-order chi connectivity index (χ1) is 7.13. The van der Waals surface area contributed by atoms with Gasteiger partial charge in [0.15, 0.2) is 0 Å². The molecule has 0 bridgehead atoms. The van der Waals surface area contributed by atoms with E-state index >= 15 is 0 Å². The Morgan fingerprint density at radius 2 is 2.27 bits per heavy atom. The number of aliphatic hydroxyl groups excluding tert-OH is 1. The van der Waals surface area contributed by atoms with Gasteiger partial charge in [-0.05, 0) is 38.1 Å². The van der Waals surface area contributed by atoms with Gasteiger partial charge in [-0.15, -0.1) is 0 Å². The third kappa shape index (κ3) is 4.18. The highest BCUT2D eigenvalue weighted by Crippen LogP contribution is 2.24. The van der Waals surface area contributed by atoms with Crippen molar-refractivity contribution in [1.29, 1.82) is 0 Å². The zero-order chi connectivity index (χ0) is 11.3. The van der Waals surface area contributed by atoms with E-state index in [1.165, 1.54) is 0 Å². The number of hydrogen-bond donors (Lipinski definition) is 3. The summed E-state index contributed by atoms with van der Waals surface area (Å²) >= 11 is 0. The molecule has 0 aromatic carbocycles. The van der Waals surface area contributed by atoms with E-state index in [9.17, 15) is 9.90 Å². The second kappa shape index (κ2) is 6.08. The van der Waals surface area contributed by atoms with Crippen LogP contribution >= 0.6 is 0 Å². The molecule has 0 saturated heterocycles. The van der Waals surface area contributed by atoms with Crippen molar-refractivity contribution in [1.82, 2.24) is 5.32 Å². The van der Waals surface area contributed by atoms with Crippen molar-refractivity contribution in [2.45, 2.75) is 51.2 Å². The predicted molar refractivity (Wildman–Crippen MR) is 57.7 cm³/mol. The van der Waals surface area contributed by atoms with Crippen LogP contribution in [0.3, 0.4) is 0 Å². The first-order valence-corrected chi connectivity index (χ1v) is 5.77. The number of rotatable bonds is 6. The molecule has 3 N–H and O–H groups in total. The lowest BCUT2D eigenvalue weighted by molar-refractivity contribution is -0.139. The third-order valence-corrected chi connectivity index (χ3v) is 3.04. The van der Waals surface area contributed by atoms with Gasteiger partial charge in [0.1, 0.15) is 6.04 Å². The number of nitrogens with one attached hydrogen (secondary N) is 1. The predicted octanol–water partition coefficient (Wildman–Crippen LogP) is 0.990. The van der Waals surface area contributed by atoms with Gasteiger partial charge in [0.2, 0.25) is 0 Å². The van der Waals surface area contributed by atoms with Crippen LogP contribution in [-0.2, 0) is 4.79 Å². The second-order valence-electron chi connectivity index (χ2n) is 4.42. The van der Waals surface area contributed by atoms with Gasteiger partial charge in [-0.25, -0.2) is 0 Å². The van der Waals surface area contributed by atoms with Crippen LogP contribution < -0.4 is 5.32 Å². The molecule has 1 saturated carbocycles. The van der Waals surface area contributed by atoms with E-state index < -0.39 is 12.0 Å². The quantitative estimate of drug-likeness (QED) is 0.618.